The Hall–Kier alpha value is -1.06. The molecule has 0 aromatic rings. The molecule has 1 rings (SSSR count). The SMILES string of the molecule is CCN(C(=O)C1CCC(C(=O)O)C1)C(C)C. The van der Waals surface area contributed by atoms with Gasteiger partial charge in [-0.05, 0) is 40.0 Å². The van der Waals surface area contributed by atoms with Crippen molar-refractivity contribution in [2.45, 2.75) is 46.1 Å². The molecule has 1 aliphatic carbocycles. The van der Waals surface area contributed by atoms with E-state index in [0.29, 0.717) is 19.4 Å². The van der Waals surface area contributed by atoms with E-state index in [1.807, 2.05) is 25.7 Å². The lowest BCUT2D eigenvalue weighted by atomic mass is 10.0. The molecule has 4 heteroatoms. The summed E-state index contributed by atoms with van der Waals surface area (Å²) in [5.41, 5.74) is 0. The Kier molecular flexibility index (Phi) is 4.33. The summed E-state index contributed by atoms with van der Waals surface area (Å²) in [7, 11) is 0. The molecule has 1 N–H and O–H groups in total. The van der Waals surface area contributed by atoms with E-state index in [1.54, 1.807) is 0 Å². The molecule has 1 aliphatic rings. The van der Waals surface area contributed by atoms with E-state index in [-0.39, 0.29) is 23.8 Å². The van der Waals surface area contributed by atoms with Crippen LogP contribution in [0.2, 0.25) is 0 Å². The fourth-order valence-corrected chi connectivity index (χ4v) is 2.44. The molecular formula is C12H21NO3. The van der Waals surface area contributed by atoms with Gasteiger partial charge in [-0.25, -0.2) is 0 Å². The highest BCUT2D eigenvalue weighted by Crippen LogP contribution is 2.32. The molecule has 16 heavy (non-hydrogen) atoms. The van der Waals surface area contributed by atoms with Gasteiger partial charge in [0.15, 0.2) is 0 Å². The molecule has 92 valence electrons. The summed E-state index contributed by atoms with van der Waals surface area (Å²) < 4.78 is 0. The van der Waals surface area contributed by atoms with Crippen LogP contribution in [-0.2, 0) is 9.59 Å². The molecule has 2 atom stereocenters. The maximum Gasteiger partial charge on any atom is 0.306 e. The van der Waals surface area contributed by atoms with Crippen molar-refractivity contribution >= 4 is 11.9 Å². The topological polar surface area (TPSA) is 57.6 Å². The lowest BCUT2D eigenvalue weighted by Crippen LogP contribution is -2.40. The van der Waals surface area contributed by atoms with Crippen LogP contribution in [0, 0.1) is 11.8 Å². The molecular weight excluding hydrogens is 206 g/mol. The van der Waals surface area contributed by atoms with Crippen LogP contribution in [0.5, 0.6) is 0 Å². The third kappa shape index (κ3) is 2.74. The second-order valence-corrected chi connectivity index (χ2v) is 4.76. The standard InChI is InChI=1S/C12H21NO3/c1-4-13(8(2)3)11(14)9-5-6-10(7-9)12(15)16/h8-10H,4-7H2,1-3H3,(H,15,16). The Labute approximate surface area is 96.6 Å². The van der Waals surface area contributed by atoms with E-state index in [1.165, 1.54) is 0 Å². The van der Waals surface area contributed by atoms with Gasteiger partial charge in [-0.2, -0.15) is 0 Å². The van der Waals surface area contributed by atoms with Crippen molar-refractivity contribution in [3.05, 3.63) is 0 Å². The lowest BCUT2D eigenvalue weighted by molar-refractivity contribution is -0.141. The predicted octanol–water partition coefficient (Wildman–Crippen LogP) is 1.74. The second kappa shape index (κ2) is 5.32. The zero-order valence-electron chi connectivity index (χ0n) is 10.3. The molecule has 0 aromatic heterocycles. The van der Waals surface area contributed by atoms with Crippen LogP contribution >= 0.6 is 0 Å². The molecule has 0 heterocycles. The van der Waals surface area contributed by atoms with Gasteiger partial charge in [-0.1, -0.05) is 0 Å². The molecule has 0 saturated heterocycles. The monoisotopic (exact) mass is 227 g/mol. The van der Waals surface area contributed by atoms with Gasteiger partial charge in [0.2, 0.25) is 5.91 Å². The van der Waals surface area contributed by atoms with Crippen LogP contribution in [0.15, 0.2) is 0 Å². The number of carboxylic acids is 1. The number of hydrogen-bond acceptors (Lipinski definition) is 2. The van der Waals surface area contributed by atoms with E-state index in [2.05, 4.69) is 0 Å². The van der Waals surface area contributed by atoms with E-state index < -0.39 is 5.97 Å². The van der Waals surface area contributed by atoms with Crippen molar-refractivity contribution in [2.75, 3.05) is 6.54 Å². The van der Waals surface area contributed by atoms with Crippen molar-refractivity contribution in [1.29, 1.82) is 0 Å². The number of nitrogens with zero attached hydrogens (tertiary/aromatic N) is 1. The maximum absolute atomic E-state index is 12.1. The molecule has 1 saturated carbocycles. The molecule has 0 spiro atoms. The third-order valence-electron chi connectivity index (χ3n) is 3.38. The summed E-state index contributed by atoms with van der Waals surface area (Å²) in [6, 6.07) is 0.196. The smallest absolute Gasteiger partial charge is 0.306 e. The lowest BCUT2D eigenvalue weighted by Gasteiger charge is -2.28. The Balaban J connectivity index is 2.59. The number of carbonyl (C=O) groups is 2. The first kappa shape index (κ1) is 13.0. The normalized spacial score (nSPS) is 24.8. The summed E-state index contributed by atoms with van der Waals surface area (Å²) in [5.74, 6) is -1.03. The summed E-state index contributed by atoms with van der Waals surface area (Å²) in [4.78, 5) is 24.8. The number of amides is 1. The molecule has 1 fully saturated rings. The Morgan fingerprint density at radius 1 is 1.31 bits per heavy atom. The highest BCUT2D eigenvalue weighted by atomic mass is 16.4. The minimum atomic E-state index is -0.761. The van der Waals surface area contributed by atoms with E-state index in [9.17, 15) is 9.59 Å². The summed E-state index contributed by atoms with van der Waals surface area (Å²) in [6.45, 7) is 6.64. The van der Waals surface area contributed by atoms with Crippen LogP contribution in [0.1, 0.15) is 40.0 Å². The van der Waals surface area contributed by atoms with Crippen molar-refractivity contribution < 1.29 is 14.7 Å². The third-order valence-corrected chi connectivity index (χ3v) is 3.38. The number of carbonyl (C=O) groups excluding carboxylic acids is 1. The molecule has 0 aromatic carbocycles. The Morgan fingerprint density at radius 2 is 1.88 bits per heavy atom. The molecule has 0 aliphatic heterocycles. The quantitative estimate of drug-likeness (QED) is 0.796. The van der Waals surface area contributed by atoms with Crippen LogP contribution in [0.25, 0.3) is 0 Å². The minimum absolute atomic E-state index is 0.0801. The number of aliphatic carboxylic acids is 1. The zero-order valence-corrected chi connectivity index (χ0v) is 10.3. The fraction of sp³-hybridized carbons (Fsp3) is 0.833. The average molecular weight is 227 g/mol. The van der Waals surface area contributed by atoms with Gasteiger partial charge in [0.1, 0.15) is 0 Å². The van der Waals surface area contributed by atoms with Gasteiger partial charge in [0, 0.05) is 18.5 Å². The van der Waals surface area contributed by atoms with Crippen molar-refractivity contribution in [2.24, 2.45) is 11.8 Å². The van der Waals surface area contributed by atoms with Gasteiger partial charge in [-0.15, -0.1) is 0 Å². The Bertz CT molecular complexity index is 275. The predicted molar refractivity (Wildman–Crippen MR) is 61.0 cm³/mol. The fourth-order valence-electron chi connectivity index (χ4n) is 2.44. The van der Waals surface area contributed by atoms with Crippen LogP contribution in [-0.4, -0.2) is 34.5 Å². The van der Waals surface area contributed by atoms with Crippen molar-refractivity contribution in [1.82, 2.24) is 4.90 Å². The molecule has 4 nitrogen and oxygen atoms in total. The first-order valence-corrected chi connectivity index (χ1v) is 6.00. The largest absolute Gasteiger partial charge is 0.481 e. The van der Waals surface area contributed by atoms with Crippen molar-refractivity contribution in [3.63, 3.8) is 0 Å². The van der Waals surface area contributed by atoms with Gasteiger partial charge >= 0.3 is 5.97 Å². The number of rotatable bonds is 4. The second-order valence-electron chi connectivity index (χ2n) is 4.76. The average Bonchev–Trinajstić information content (AvgIpc) is 2.66. The summed E-state index contributed by atoms with van der Waals surface area (Å²) in [5, 5.41) is 8.89. The van der Waals surface area contributed by atoms with Crippen LogP contribution < -0.4 is 0 Å². The van der Waals surface area contributed by atoms with Crippen LogP contribution in [0.3, 0.4) is 0 Å². The van der Waals surface area contributed by atoms with Gasteiger partial charge in [-0.3, -0.25) is 9.59 Å². The number of hydrogen-bond donors (Lipinski definition) is 1. The molecule has 0 bridgehead atoms. The van der Waals surface area contributed by atoms with Gasteiger partial charge in [0.25, 0.3) is 0 Å². The molecule has 2 unspecified atom stereocenters. The van der Waals surface area contributed by atoms with E-state index in [4.69, 9.17) is 5.11 Å². The van der Waals surface area contributed by atoms with Gasteiger partial charge in [0.05, 0.1) is 5.92 Å². The van der Waals surface area contributed by atoms with Gasteiger partial charge < -0.3 is 10.0 Å². The zero-order chi connectivity index (χ0) is 12.3. The Morgan fingerprint density at radius 3 is 2.25 bits per heavy atom. The van der Waals surface area contributed by atoms with E-state index in [0.717, 1.165) is 6.42 Å². The maximum atomic E-state index is 12.1. The minimum Gasteiger partial charge on any atom is -0.481 e. The molecule has 0 radical (unpaired) electrons. The summed E-state index contributed by atoms with van der Waals surface area (Å²) in [6.07, 6.45) is 1.87. The highest BCUT2D eigenvalue weighted by Gasteiger charge is 2.35. The first-order chi connectivity index (χ1) is 7.47. The van der Waals surface area contributed by atoms with Crippen molar-refractivity contribution in [3.8, 4) is 0 Å². The number of carboxylic acid groups (broad SMARTS) is 1. The van der Waals surface area contributed by atoms with E-state index >= 15 is 0 Å². The van der Waals surface area contributed by atoms with Crippen LogP contribution in [0.4, 0.5) is 0 Å². The first-order valence-electron chi connectivity index (χ1n) is 6.00. The highest BCUT2D eigenvalue weighted by molar-refractivity contribution is 5.81. The molecule has 1 amide bonds. The summed E-state index contributed by atoms with van der Waals surface area (Å²) >= 11 is 0.